The van der Waals surface area contributed by atoms with Gasteiger partial charge < -0.3 is 0 Å². The summed E-state index contributed by atoms with van der Waals surface area (Å²) in [5, 5.41) is 3.11. The summed E-state index contributed by atoms with van der Waals surface area (Å²) in [7, 11) is 0. The van der Waals surface area contributed by atoms with Crippen molar-refractivity contribution in [3.05, 3.63) is 63.1 Å². The lowest BCUT2D eigenvalue weighted by molar-refractivity contribution is -0.138. The number of nitrogens with one attached hydrogen (secondary N) is 1. The SMILES string of the molecule is FC(F)(F)c1ccc(/C=N\Nc2c(Cl)cc(C(F)(F)F)cc2Cl)cc1. The number of hydrogen-bond acceptors (Lipinski definition) is 2. The largest absolute Gasteiger partial charge is 0.416 e. The van der Waals surface area contributed by atoms with E-state index in [1.807, 2.05) is 0 Å². The molecule has 0 atom stereocenters. The van der Waals surface area contributed by atoms with E-state index < -0.39 is 23.5 Å². The van der Waals surface area contributed by atoms with Gasteiger partial charge in [-0.05, 0) is 29.8 Å². The first-order chi connectivity index (χ1) is 11.5. The molecular weight excluding hydrogens is 393 g/mol. The fraction of sp³-hybridized carbons (Fsp3) is 0.133. The van der Waals surface area contributed by atoms with Crippen molar-refractivity contribution in [2.24, 2.45) is 5.10 Å². The Labute approximate surface area is 148 Å². The van der Waals surface area contributed by atoms with Gasteiger partial charge in [0.05, 0.1) is 33.1 Å². The van der Waals surface area contributed by atoms with Crippen LogP contribution in [0.4, 0.5) is 32.0 Å². The Kier molecular flexibility index (Phi) is 5.53. The van der Waals surface area contributed by atoms with Gasteiger partial charge >= 0.3 is 12.4 Å². The second-order valence-corrected chi connectivity index (χ2v) is 5.62. The van der Waals surface area contributed by atoms with Crippen LogP contribution in [0.3, 0.4) is 0 Å². The van der Waals surface area contributed by atoms with Crippen LogP contribution in [0.5, 0.6) is 0 Å². The minimum Gasteiger partial charge on any atom is -0.275 e. The fourth-order valence-electron chi connectivity index (χ4n) is 1.77. The summed E-state index contributed by atoms with van der Waals surface area (Å²) in [6.07, 6.45) is -7.88. The quantitative estimate of drug-likeness (QED) is 0.356. The monoisotopic (exact) mass is 400 g/mol. The van der Waals surface area contributed by atoms with E-state index in [1.54, 1.807) is 0 Å². The maximum absolute atomic E-state index is 12.6. The minimum atomic E-state index is -4.60. The van der Waals surface area contributed by atoms with E-state index in [4.69, 9.17) is 23.2 Å². The number of rotatable bonds is 3. The zero-order valence-corrected chi connectivity index (χ0v) is 13.5. The number of alkyl halides is 6. The molecule has 10 heteroatoms. The third kappa shape index (κ3) is 5.02. The van der Waals surface area contributed by atoms with Crippen molar-refractivity contribution >= 4 is 35.1 Å². The van der Waals surface area contributed by atoms with Gasteiger partial charge in [-0.1, -0.05) is 35.3 Å². The molecule has 0 aliphatic heterocycles. The lowest BCUT2D eigenvalue weighted by atomic mass is 10.1. The lowest BCUT2D eigenvalue weighted by Gasteiger charge is -2.11. The van der Waals surface area contributed by atoms with Crippen molar-refractivity contribution in [3.63, 3.8) is 0 Å². The molecule has 2 rings (SSSR count). The molecule has 25 heavy (non-hydrogen) atoms. The highest BCUT2D eigenvalue weighted by Gasteiger charge is 2.32. The van der Waals surface area contributed by atoms with Crippen molar-refractivity contribution in [1.82, 2.24) is 0 Å². The highest BCUT2D eigenvalue weighted by molar-refractivity contribution is 6.39. The van der Waals surface area contributed by atoms with Gasteiger partial charge in [-0.25, -0.2) is 0 Å². The van der Waals surface area contributed by atoms with Crippen LogP contribution in [0.25, 0.3) is 0 Å². The van der Waals surface area contributed by atoms with Gasteiger partial charge in [0, 0.05) is 0 Å². The first-order valence-corrected chi connectivity index (χ1v) is 7.26. The molecular formula is C15H8Cl2F6N2. The number of halogens is 8. The summed E-state index contributed by atoms with van der Waals surface area (Å²) < 4.78 is 75.2. The Hall–Kier alpha value is -1.93. The molecule has 0 unspecified atom stereocenters. The summed E-state index contributed by atoms with van der Waals surface area (Å²) >= 11 is 11.5. The average molecular weight is 401 g/mol. The molecule has 1 N–H and O–H groups in total. The van der Waals surface area contributed by atoms with E-state index in [2.05, 4.69) is 10.5 Å². The van der Waals surface area contributed by atoms with Crippen LogP contribution in [-0.4, -0.2) is 6.21 Å². The van der Waals surface area contributed by atoms with Crippen molar-refractivity contribution in [2.75, 3.05) is 5.43 Å². The van der Waals surface area contributed by atoms with Crippen molar-refractivity contribution in [3.8, 4) is 0 Å². The Morgan fingerprint density at radius 1 is 0.800 bits per heavy atom. The molecule has 0 saturated heterocycles. The number of hydrogen-bond donors (Lipinski definition) is 1. The lowest BCUT2D eigenvalue weighted by Crippen LogP contribution is -2.05. The van der Waals surface area contributed by atoms with Gasteiger partial charge in [-0.15, -0.1) is 0 Å². The molecule has 0 aliphatic carbocycles. The van der Waals surface area contributed by atoms with Crippen LogP contribution in [0.1, 0.15) is 16.7 Å². The van der Waals surface area contributed by atoms with Crippen LogP contribution in [0, 0.1) is 0 Å². The first kappa shape index (κ1) is 19.4. The summed E-state index contributed by atoms with van der Waals surface area (Å²) in [6, 6.07) is 5.49. The maximum Gasteiger partial charge on any atom is 0.416 e. The summed E-state index contributed by atoms with van der Waals surface area (Å²) in [5.41, 5.74) is 0.819. The Bertz CT molecular complexity index is 759. The van der Waals surface area contributed by atoms with E-state index in [-0.39, 0.29) is 15.7 Å². The number of benzene rings is 2. The maximum atomic E-state index is 12.6. The van der Waals surface area contributed by atoms with E-state index in [9.17, 15) is 26.3 Å². The molecule has 2 aromatic carbocycles. The zero-order valence-electron chi connectivity index (χ0n) is 12.0. The first-order valence-electron chi connectivity index (χ1n) is 6.51. The second kappa shape index (κ2) is 7.13. The molecule has 0 fully saturated rings. The topological polar surface area (TPSA) is 24.4 Å². The van der Waals surface area contributed by atoms with Gasteiger partial charge in [0.2, 0.25) is 0 Å². The predicted octanol–water partition coefficient (Wildman–Crippen LogP) is 6.48. The third-order valence-corrected chi connectivity index (χ3v) is 3.59. The summed E-state index contributed by atoms with van der Waals surface area (Å²) in [4.78, 5) is 0. The Balaban J connectivity index is 2.15. The van der Waals surface area contributed by atoms with Crippen LogP contribution in [-0.2, 0) is 12.4 Å². The standard InChI is InChI=1S/C15H8Cl2F6N2/c16-11-5-10(15(21,22)23)6-12(17)13(11)25-24-7-8-1-3-9(4-2-8)14(18,19)20/h1-7,25H/b24-7-. The number of hydrazone groups is 1. The smallest absolute Gasteiger partial charge is 0.275 e. The van der Waals surface area contributed by atoms with Crippen molar-refractivity contribution in [2.45, 2.75) is 12.4 Å². The second-order valence-electron chi connectivity index (χ2n) is 4.80. The van der Waals surface area contributed by atoms with Crippen molar-refractivity contribution < 1.29 is 26.3 Å². The molecule has 2 aromatic rings. The summed E-state index contributed by atoms with van der Waals surface area (Å²) in [5.74, 6) is 0. The highest BCUT2D eigenvalue weighted by atomic mass is 35.5. The van der Waals surface area contributed by atoms with Crippen LogP contribution < -0.4 is 5.43 Å². The molecule has 0 bridgehead atoms. The van der Waals surface area contributed by atoms with Gasteiger partial charge in [0.25, 0.3) is 0 Å². The normalized spacial score (nSPS) is 12.6. The third-order valence-electron chi connectivity index (χ3n) is 3.00. The van der Waals surface area contributed by atoms with Gasteiger partial charge in [0.1, 0.15) is 0 Å². The number of anilines is 1. The van der Waals surface area contributed by atoms with E-state index in [0.717, 1.165) is 12.1 Å². The molecule has 134 valence electrons. The van der Waals surface area contributed by atoms with Crippen LogP contribution >= 0.6 is 23.2 Å². The van der Waals surface area contributed by atoms with Gasteiger partial charge in [0.15, 0.2) is 0 Å². The Morgan fingerprint density at radius 2 is 1.28 bits per heavy atom. The summed E-state index contributed by atoms with van der Waals surface area (Å²) in [6.45, 7) is 0. The highest BCUT2D eigenvalue weighted by Crippen LogP contribution is 2.38. The van der Waals surface area contributed by atoms with Crippen molar-refractivity contribution in [1.29, 1.82) is 0 Å². The average Bonchev–Trinajstić information content (AvgIpc) is 2.48. The molecule has 2 nitrogen and oxygen atoms in total. The van der Waals surface area contributed by atoms with E-state index in [1.165, 1.54) is 18.3 Å². The number of nitrogens with zero attached hydrogens (tertiary/aromatic N) is 1. The van der Waals surface area contributed by atoms with Gasteiger partial charge in [-0.3, -0.25) is 5.43 Å². The molecule has 0 spiro atoms. The fourth-order valence-corrected chi connectivity index (χ4v) is 2.34. The molecule has 0 saturated carbocycles. The van der Waals surface area contributed by atoms with E-state index in [0.29, 0.717) is 17.7 Å². The minimum absolute atomic E-state index is 0.0560. The zero-order chi connectivity index (χ0) is 18.8. The van der Waals surface area contributed by atoms with Crippen LogP contribution in [0.15, 0.2) is 41.5 Å². The Morgan fingerprint density at radius 3 is 1.72 bits per heavy atom. The van der Waals surface area contributed by atoms with E-state index >= 15 is 0 Å². The molecule has 0 aromatic heterocycles. The molecule has 0 amide bonds. The predicted molar refractivity (Wildman–Crippen MR) is 84.1 cm³/mol. The molecule has 0 heterocycles. The van der Waals surface area contributed by atoms with Gasteiger partial charge in [-0.2, -0.15) is 31.4 Å². The van der Waals surface area contributed by atoms with Crippen LogP contribution in [0.2, 0.25) is 10.0 Å². The molecule has 0 aliphatic rings. The molecule has 0 radical (unpaired) electrons.